The van der Waals surface area contributed by atoms with Crippen molar-refractivity contribution in [3.8, 4) is 0 Å². The summed E-state index contributed by atoms with van der Waals surface area (Å²) in [7, 11) is 0. The van der Waals surface area contributed by atoms with Crippen molar-refractivity contribution in [2.45, 2.75) is 277 Å². The smallest absolute Gasteiger partial charge is 0.306 e. The molecule has 0 radical (unpaired) electrons. The van der Waals surface area contributed by atoms with Crippen LogP contribution < -0.4 is 5.32 Å². The molecule has 0 spiro atoms. The zero-order valence-corrected chi connectivity index (χ0v) is 42.1. The molecule has 0 aromatic heterocycles. The van der Waals surface area contributed by atoms with Gasteiger partial charge in [-0.1, -0.05) is 254 Å². The van der Waals surface area contributed by atoms with Crippen LogP contribution >= 0.6 is 0 Å². The number of aliphatic hydroxyl groups is 2. The molecule has 0 rings (SSSR count). The summed E-state index contributed by atoms with van der Waals surface area (Å²) < 4.78 is 5.91. The molecular formula is C58H103NO5. The Bertz CT molecular complexity index is 1190. The quantitative estimate of drug-likeness (QED) is 0.0321. The Balaban J connectivity index is 4.68. The van der Waals surface area contributed by atoms with Crippen molar-refractivity contribution in [1.29, 1.82) is 0 Å². The summed E-state index contributed by atoms with van der Waals surface area (Å²) in [5.74, 6) is -0.568. The van der Waals surface area contributed by atoms with Crippen molar-refractivity contribution in [3.05, 3.63) is 72.9 Å². The number of hydrogen-bond acceptors (Lipinski definition) is 5. The molecule has 0 aliphatic heterocycles. The van der Waals surface area contributed by atoms with Crippen LogP contribution in [0.25, 0.3) is 0 Å². The first-order valence-corrected chi connectivity index (χ1v) is 27.2. The van der Waals surface area contributed by atoms with Crippen LogP contribution in [0.4, 0.5) is 0 Å². The van der Waals surface area contributed by atoms with Crippen molar-refractivity contribution in [2.24, 2.45) is 0 Å². The van der Waals surface area contributed by atoms with Gasteiger partial charge >= 0.3 is 5.97 Å². The maximum atomic E-state index is 13.2. The van der Waals surface area contributed by atoms with Crippen LogP contribution in [0.5, 0.6) is 0 Å². The summed E-state index contributed by atoms with van der Waals surface area (Å²) in [4.78, 5) is 26.2. The van der Waals surface area contributed by atoms with E-state index in [0.29, 0.717) is 19.3 Å². The van der Waals surface area contributed by atoms with Crippen molar-refractivity contribution < 1.29 is 24.5 Å². The number of esters is 1. The molecule has 3 atom stereocenters. The molecule has 370 valence electrons. The normalized spacial score (nSPS) is 13.8. The number of unbranched alkanes of at least 4 members (excludes halogenated alkanes) is 24. The fraction of sp³-hybridized carbons (Fsp3) is 0.759. The van der Waals surface area contributed by atoms with Crippen LogP contribution in [0.15, 0.2) is 72.9 Å². The van der Waals surface area contributed by atoms with Gasteiger partial charge in [-0.3, -0.25) is 9.59 Å². The van der Waals surface area contributed by atoms with Gasteiger partial charge in [-0.25, -0.2) is 0 Å². The summed E-state index contributed by atoms with van der Waals surface area (Å²) in [5, 5.41) is 23.8. The first-order valence-electron chi connectivity index (χ1n) is 27.2. The first kappa shape index (κ1) is 61.3. The van der Waals surface area contributed by atoms with Gasteiger partial charge in [0.2, 0.25) is 5.91 Å². The number of ether oxygens (including phenoxy) is 1. The Morgan fingerprint density at radius 1 is 0.469 bits per heavy atom. The largest absolute Gasteiger partial charge is 0.462 e. The zero-order valence-electron chi connectivity index (χ0n) is 42.1. The third-order valence-corrected chi connectivity index (χ3v) is 12.1. The molecule has 64 heavy (non-hydrogen) atoms. The van der Waals surface area contributed by atoms with Crippen LogP contribution in [0.3, 0.4) is 0 Å². The van der Waals surface area contributed by atoms with Gasteiger partial charge < -0.3 is 20.3 Å². The Morgan fingerprint density at radius 3 is 1.19 bits per heavy atom. The molecule has 0 saturated carbocycles. The monoisotopic (exact) mass is 894 g/mol. The van der Waals surface area contributed by atoms with Crippen molar-refractivity contribution >= 4 is 11.9 Å². The summed E-state index contributed by atoms with van der Waals surface area (Å²) in [5.41, 5.74) is 0. The highest BCUT2D eigenvalue weighted by atomic mass is 16.5. The molecule has 3 unspecified atom stereocenters. The maximum Gasteiger partial charge on any atom is 0.306 e. The van der Waals surface area contributed by atoms with E-state index >= 15 is 0 Å². The lowest BCUT2D eigenvalue weighted by atomic mass is 10.0. The fourth-order valence-electron chi connectivity index (χ4n) is 7.99. The molecule has 0 saturated heterocycles. The molecular weight excluding hydrogens is 791 g/mol. The number of nitrogens with one attached hydrogen (secondary N) is 1. The lowest BCUT2D eigenvalue weighted by Gasteiger charge is -2.24. The SMILES string of the molecule is CC/C=C\C/C=C\C/C=C\C/C=C\C/C=C\C/C=C\CCC(=O)OC(CCCCCCCCCCCCCCCCC)CC(=O)NC(CO)C(O)CCCCCCCCCCCCC. The van der Waals surface area contributed by atoms with Crippen molar-refractivity contribution in [1.82, 2.24) is 5.32 Å². The highest BCUT2D eigenvalue weighted by molar-refractivity contribution is 5.77. The number of amides is 1. The van der Waals surface area contributed by atoms with E-state index in [1.54, 1.807) is 0 Å². The highest BCUT2D eigenvalue weighted by Gasteiger charge is 2.24. The van der Waals surface area contributed by atoms with E-state index in [-0.39, 0.29) is 31.3 Å². The molecule has 0 bridgehead atoms. The van der Waals surface area contributed by atoms with Gasteiger partial charge in [0.15, 0.2) is 0 Å². The minimum absolute atomic E-state index is 0.0475. The van der Waals surface area contributed by atoms with E-state index in [9.17, 15) is 19.8 Å². The lowest BCUT2D eigenvalue weighted by Crippen LogP contribution is -2.46. The molecule has 3 N–H and O–H groups in total. The third kappa shape index (κ3) is 45.9. The summed E-state index contributed by atoms with van der Waals surface area (Å²) in [6.45, 7) is 6.36. The van der Waals surface area contributed by atoms with Gasteiger partial charge in [-0.05, 0) is 64.2 Å². The molecule has 6 nitrogen and oxygen atoms in total. The second kappa shape index (κ2) is 51.3. The maximum absolute atomic E-state index is 13.2. The molecule has 6 heteroatoms. The lowest BCUT2D eigenvalue weighted by molar-refractivity contribution is -0.150. The zero-order chi connectivity index (χ0) is 46.7. The molecule has 0 aliphatic rings. The van der Waals surface area contributed by atoms with Crippen LogP contribution in [0.2, 0.25) is 0 Å². The Labute approximate surface area is 396 Å². The summed E-state index contributed by atoms with van der Waals surface area (Å²) >= 11 is 0. The van der Waals surface area contributed by atoms with Gasteiger partial charge in [0, 0.05) is 6.42 Å². The predicted octanol–water partition coefficient (Wildman–Crippen LogP) is 16.6. The molecule has 1 amide bonds. The van der Waals surface area contributed by atoms with Crippen LogP contribution in [0.1, 0.15) is 258 Å². The molecule has 0 heterocycles. The van der Waals surface area contributed by atoms with E-state index < -0.39 is 18.2 Å². The number of allylic oxidation sites excluding steroid dienone is 12. The van der Waals surface area contributed by atoms with Gasteiger partial charge in [0.25, 0.3) is 0 Å². The van der Waals surface area contributed by atoms with E-state index in [4.69, 9.17) is 4.74 Å². The van der Waals surface area contributed by atoms with E-state index in [1.807, 2.05) is 6.08 Å². The van der Waals surface area contributed by atoms with Gasteiger partial charge in [0.05, 0.1) is 25.2 Å². The van der Waals surface area contributed by atoms with Crippen LogP contribution in [0, 0.1) is 0 Å². The third-order valence-electron chi connectivity index (χ3n) is 12.1. The molecule has 0 aromatic carbocycles. The second-order valence-corrected chi connectivity index (χ2v) is 18.3. The summed E-state index contributed by atoms with van der Waals surface area (Å²) in [6, 6.07) is -0.717. The van der Waals surface area contributed by atoms with Crippen molar-refractivity contribution in [3.63, 3.8) is 0 Å². The van der Waals surface area contributed by atoms with Gasteiger partial charge in [-0.15, -0.1) is 0 Å². The van der Waals surface area contributed by atoms with Crippen molar-refractivity contribution in [2.75, 3.05) is 6.61 Å². The van der Waals surface area contributed by atoms with Crippen LogP contribution in [-0.2, 0) is 14.3 Å². The average molecular weight is 894 g/mol. The first-order chi connectivity index (χ1) is 31.5. The number of carbonyl (C=O) groups is 2. The Morgan fingerprint density at radius 2 is 0.812 bits per heavy atom. The minimum Gasteiger partial charge on any atom is -0.462 e. The molecule has 0 aromatic rings. The number of hydrogen-bond donors (Lipinski definition) is 3. The van der Waals surface area contributed by atoms with E-state index in [0.717, 1.165) is 77.0 Å². The summed E-state index contributed by atoms with van der Waals surface area (Å²) in [6.07, 6.45) is 65.4. The van der Waals surface area contributed by atoms with Gasteiger partial charge in [0.1, 0.15) is 6.10 Å². The number of carbonyl (C=O) groups excluding carboxylic acids is 2. The highest BCUT2D eigenvalue weighted by Crippen LogP contribution is 2.18. The number of aliphatic hydroxyl groups excluding tert-OH is 2. The van der Waals surface area contributed by atoms with E-state index in [2.05, 4.69) is 92.9 Å². The number of rotatable bonds is 48. The second-order valence-electron chi connectivity index (χ2n) is 18.3. The Kier molecular flexibility index (Phi) is 49.1. The standard InChI is InChI=1S/C58H103NO5/c1-4-7-10-13-16-19-22-24-26-27-28-29-31-33-36-39-42-45-48-51-58(63)64-54(49-46-43-40-37-35-32-30-25-23-20-17-14-11-8-5-2)52-57(62)59-55(53-60)56(61)50-47-44-41-38-34-21-18-15-12-9-6-3/h7,10,16,19,24,26,28-29,33,36,42,45,54-56,60-61H,4-6,8-9,11-15,17-18,20-23,25,27,30-32,34-35,37-41,43-44,46-53H2,1-3H3,(H,59,62)/b10-7-,19-16-,26-24-,29-28-,36-33-,45-42-. The molecule has 0 fully saturated rings. The minimum atomic E-state index is -0.800. The topological polar surface area (TPSA) is 95.9 Å². The predicted molar refractivity (Wildman–Crippen MR) is 278 cm³/mol. The van der Waals surface area contributed by atoms with Gasteiger partial charge in [-0.2, -0.15) is 0 Å². The average Bonchev–Trinajstić information content (AvgIpc) is 3.29. The Hall–Kier alpha value is -2.70. The van der Waals surface area contributed by atoms with E-state index in [1.165, 1.54) is 128 Å². The molecule has 0 aliphatic carbocycles. The van der Waals surface area contributed by atoms with Crippen LogP contribution in [-0.4, -0.2) is 46.9 Å². The fourth-order valence-corrected chi connectivity index (χ4v) is 7.99.